The molecule has 0 aromatic heterocycles. The first kappa shape index (κ1) is 24.3. The Labute approximate surface area is 169 Å². The number of sulfonamides is 1. The summed E-state index contributed by atoms with van der Waals surface area (Å²) in [5.74, 6) is -0.864. The number of nitro benzene ring substituents is 1. The standard InChI is InChI=1S/C17H25N3O8S/c1-12(18-16(22)28-17(2,3)4)10-19(11-15(21)27-5)29(25,26)14-9-7-6-8-13(14)20(23)24/h6-9,12H,10-11H2,1-5H3,(H,18,22). The van der Waals surface area contributed by atoms with Crippen molar-refractivity contribution in [1.82, 2.24) is 9.62 Å². The number of benzene rings is 1. The summed E-state index contributed by atoms with van der Waals surface area (Å²) in [6, 6.07) is 4.01. The van der Waals surface area contributed by atoms with E-state index in [0.717, 1.165) is 19.2 Å². The van der Waals surface area contributed by atoms with Crippen molar-refractivity contribution in [2.24, 2.45) is 0 Å². The molecule has 0 saturated carbocycles. The topological polar surface area (TPSA) is 145 Å². The molecule has 0 aliphatic heterocycles. The molecule has 0 radical (unpaired) electrons. The Morgan fingerprint density at radius 1 is 1.28 bits per heavy atom. The van der Waals surface area contributed by atoms with Crippen LogP contribution in [0.15, 0.2) is 29.2 Å². The van der Waals surface area contributed by atoms with Crippen LogP contribution in [0.2, 0.25) is 0 Å². The number of hydrogen-bond donors (Lipinski definition) is 1. The number of nitrogens with zero attached hydrogens (tertiary/aromatic N) is 2. The zero-order valence-electron chi connectivity index (χ0n) is 16.9. The molecule has 162 valence electrons. The van der Waals surface area contributed by atoms with Crippen LogP contribution in [-0.4, -0.2) is 61.6 Å². The van der Waals surface area contributed by atoms with Gasteiger partial charge in [0.15, 0.2) is 4.90 Å². The van der Waals surface area contributed by atoms with Crippen molar-refractivity contribution in [3.8, 4) is 0 Å². The lowest BCUT2D eigenvalue weighted by Crippen LogP contribution is -2.47. The molecule has 0 heterocycles. The molecule has 29 heavy (non-hydrogen) atoms. The Bertz CT molecular complexity index is 864. The molecule has 0 aliphatic rings. The van der Waals surface area contributed by atoms with Gasteiger partial charge in [-0.2, -0.15) is 4.31 Å². The molecule has 0 spiro atoms. The summed E-state index contributed by atoms with van der Waals surface area (Å²) < 4.78 is 36.4. The zero-order valence-corrected chi connectivity index (χ0v) is 17.7. The number of carbonyl (C=O) groups is 2. The number of methoxy groups -OCH3 is 1. The van der Waals surface area contributed by atoms with Crippen LogP contribution in [0.4, 0.5) is 10.5 Å². The zero-order chi connectivity index (χ0) is 22.4. The Balaban J connectivity index is 3.17. The lowest BCUT2D eigenvalue weighted by Gasteiger charge is -2.26. The minimum atomic E-state index is -4.45. The summed E-state index contributed by atoms with van der Waals surface area (Å²) in [6.07, 6.45) is -0.772. The van der Waals surface area contributed by atoms with Gasteiger partial charge < -0.3 is 14.8 Å². The van der Waals surface area contributed by atoms with Crippen molar-refractivity contribution in [2.45, 2.75) is 44.2 Å². The van der Waals surface area contributed by atoms with E-state index in [0.29, 0.717) is 4.31 Å². The molecule has 0 bridgehead atoms. The third-order valence-corrected chi connectivity index (χ3v) is 5.31. The average molecular weight is 431 g/mol. The fourth-order valence-corrected chi connectivity index (χ4v) is 3.91. The van der Waals surface area contributed by atoms with Gasteiger partial charge in [-0.15, -0.1) is 0 Å². The maximum Gasteiger partial charge on any atom is 0.407 e. The van der Waals surface area contributed by atoms with E-state index in [1.807, 2.05) is 0 Å². The summed E-state index contributed by atoms with van der Waals surface area (Å²) in [4.78, 5) is 33.5. The second-order valence-corrected chi connectivity index (χ2v) is 9.05. The maximum atomic E-state index is 13.0. The largest absolute Gasteiger partial charge is 0.468 e. The van der Waals surface area contributed by atoms with Crippen LogP contribution in [0.5, 0.6) is 0 Å². The van der Waals surface area contributed by atoms with E-state index in [-0.39, 0.29) is 6.54 Å². The number of amides is 1. The normalized spacial score (nSPS) is 12.9. The van der Waals surface area contributed by atoms with Crippen LogP contribution >= 0.6 is 0 Å². The molecule has 11 nitrogen and oxygen atoms in total. The van der Waals surface area contributed by atoms with E-state index in [1.54, 1.807) is 20.8 Å². The van der Waals surface area contributed by atoms with Crippen LogP contribution in [0.25, 0.3) is 0 Å². The third kappa shape index (κ3) is 7.31. The van der Waals surface area contributed by atoms with Crippen LogP contribution in [0, 0.1) is 10.1 Å². The molecule has 0 saturated heterocycles. The molecule has 1 amide bonds. The first-order chi connectivity index (χ1) is 13.3. The summed E-state index contributed by atoms with van der Waals surface area (Å²) >= 11 is 0. The first-order valence-electron chi connectivity index (χ1n) is 8.58. The molecule has 12 heteroatoms. The van der Waals surface area contributed by atoms with Crippen LogP contribution in [-0.2, 0) is 24.3 Å². The van der Waals surface area contributed by atoms with Gasteiger partial charge in [-0.05, 0) is 33.8 Å². The van der Waals surface area contributed by atoms with Crippen molar-refractivity contribution in [3.63, 3.8) is 0 Å². The predicted octanol–water partition coefficient (Wildman–Crippen LogP) is 1.67. The molecule has 0 aliphatic carbocycles. The van der Waals surface area contributed by atoms with Gasteiger partial charge in [-0.3, -0.25) is 14.9 Å². The number of alkyl carbamates (subject to hydrolysis) is 1. The highest BCUT2D eigenvalue weighted by Gasteiger charge is 2.34. The van der Waals surface area contributed by atoms with Gasteiger partial charge in [0.25, 0.3) is 15.7 Å². The smallest absolute Gasteiger partial charge is 0.407 e. The highest BCUT2D eigenvalue weighted by atomic mass is 32.2. The summed E-state index contributed by atoms with van der Waals surface area (Å²) in [5, 5.41) is 13.7. The number of carbonyl (C=O) groups excluding carboxylic acids is 2. The summed E-state index contributed by atoms with van der Waals surface area (Å²) in [6.45, 7) is 5.47. The number of nitrogens with one attached hydrogen (secondary N) is 1. The quantitative estimate of drug-likeness (QED) is 0.372. The van der Waals surface area contributed by atoms with Gasteiger partial charge in [0, 0.05) is 18.7 Å². The fourth-order valence-electron chi connectivity index (χ4n) is 2.28. The van der Waals surface area contributed by atoms with Gasteiger partial charge >= 0.3 is 12.1 Å². The molecule has 1 atom stereocenters. The Hall–Kier alpha value is -2.73. The van der Waals surface area contributed by atoms with E-state index >= 15 is 0 Å². The number of esters is 1. The Morgan fingerprint density at radius 2 is 1.86 bits per heavy atom. The molecule has 1 aromatic carbocycles. The van der Waals surface area contributed by atoms with Crippen molar-refractivity contribution in [3.05, 3.63) is 34.4 Å². The van der Waals surface area contributed by atoms with Crippen molar-refractivity contribution >= 4 is 27.8 Å². The van der Waals surface area contributed by atoms with Gasteiger partial charge in [0.05, 0.1) is 12.0 Å². The number of para-hydroxylation sites is 1. The van der Waals surface area contributed by atoms with Crippen LogP contribution in [0.3, 0.4) is 0 Å². The third-order valence-electron chi connectivity index (χ3n) is 3.45. The molecule has 1 unspecified atom stereocenters. The van der Waals surface area contributed by atoms with Gasteiger partial charge in [-0.25, -0.2) is 13.2 Å². The van der Waals surface area contributed by atoms with Gasteiger partial charge in [-0.1, -0.05) is 12.1 Å². The lowest BCUT2D eigenvalue weighted by atomic mass is 10.2. The van der Waals surface area contributed by atoms with E-state index in [2.05, 4.69) is 10.1 Å². The average Bonchev–Trinajstić information content (AvgIpc) is 2.58. The van der Waals surface area contributed by atoms with E-state index in [4.69, 9.17) is 4.74 Å². The monoisotopic (exact) mass is 431 g/mol. The van der Waals surface area contributed by atoms with Crippen molar-refractivity contribution < 1.29 is 32.4 Å². The SMILES string of the molecule is COC(=O)CN(CC(C)NC(=O)OC(C)(C)C)S(=O)(=O)c1ccccc1[N+](=O)[O-]. The highest BCUT2D eigenvalue weighted by molar-refractivity contribution is 7.89. The predicted molar refractivity (Wildman–Crippen MR) is 103 cm³/mol. The minimum Gasteiger partial charge on any atom is -0.468 e. The molecule has 1 aromatic rings. The van der Waals surface area contributed by atoms with Crippen molar-refractivity contribution in [1.29, 1.82) is 0 Å². The van der Waals surface area contributed by atoms with Crippen LogP contribution < -0.4 is 5.32 Å². The van der Waals surface area contributed by atoms with E-state index in [1.165, 1.54) is 19.1 Å². The highest BCUT2D eigenvalue weighted by Crippen LogP contribution is 2.26. The number of nitro groups is 1. The number of hydrogen-bond acceptors (Lipinski definition) is 8. The first-order valence-corrected chi connectivity index (χ1v) is 10.0. The lowest BCUT2D eigenvalue weighted by molar-refractivity contribution is -0.387. The molecular formula is C17H25N3O8S. The molecule has 1 N–H and O–H groups in total. The Kier molecular flexibility index (Phi) is 8.09. The molecular weight excluding hydrogens is 406 g/mol. The number of ether oxygens (including phenoxy) is 2. The van der Waals surface area contributed by atoms with E-state index < -0.39 is 55.8 Å². The van der Waals surface area contributed by atoms with Gasteiger partial charge in [0.1, 0.15) is 12.1 Å². The Morgan fingerprint density at radius 3 is 2.38 bits per heavy atom. The summed E-state index contributed by atoms with van der Waals surface area (Å²) in [7, 11) is -3.37. The summed E-state index contributed by atoms with van der Waals surface area (Å²) in [5.41, 5.74) is -1.39. The minimum absolute atomic E-state index is 0.345. The van der Waals surface area contributed by atoms with Gasteiger partial charge in [0.2, 0.25) is 0 Å². The van der Waals surface area contributed by atoms with Crippen LogP contribution in [0.1, 0.15) is 27.7 Å². The second kappa shape index (κ2) is 9.65. The second-order valence-electron chi connectivity index (χ2n) is 7.15. The number of rotatable bonds is 8. The molecule has 1 rings (SSSR count). The molecule has 0 fully saturated rings. The van der Waals surface area contributed by atoms with Crippen molar-refractivity contribution in [2.75, 3.05) is 20.2 Å². The maximum absolute atomic E-state index is 13.0. The fraction of sp³-hybridized carbons (Fsp3) is 0.529. The van der Waals surface area contributed by atoms with E-state index in [9.17, 15) is 28.1 Å².